The van der Waals surface area contributed by atoms with Crippen molar-refractivity contribution in [2.75, 3.05) is 0 Å². The molecule has 0 aromatic carbocycles. The fourth-order valence-corrected chi connectivity index (χ4v) is 2.89. The Hall–Kier alpha value is -0.570. The van der Waals surface area contributed by atoms with Crippen LogP contribution in [-0.2, 0) is 4.79 Å². The zero-order valence-electron chi connectivity index (χ0n) is 9.62. The average Bonchev–Trinajstić information content (AvgIpc) is 2.38. The van der Waals surface area contributed by atoms with Crippen molar-refractivity contribution in [2.45, 2.75) is 58.0 Å². The van der Waals surface area contributed by atoms with Crippen LogP contribution in [0.4, 0.5) is 0 Å². The number of hydrogen-bond donors (Lipinski definition) is 2. The van der Waals surface area contributed by atoms with Crippen LogP contribution in [0.1, 0.15) is 46.0 Å². The Morgan fingerprint density at radius 2 is 2.07 bits per heavy atom. The minimum Gasteiger partial charge on any atom is -0.481 e. The molecule has 2 fully saturated rings. The van der Waals surface area contributed by atoms with Crippen LogP contribution in [-0.4, -0.2) is 23.2 Å². The largest absolute Gasteiger partial charge is 0.481 e. The van der Waals surface area contributed by atoms with Gasteiger partial charge >= 0.3 is 5.97 Å². The molecule has 0 spiro atoms. The predicted molar refractivity (Wildman–Crippen MR) is 58.7 cm³/mol. The SMILES string of the molecule is CC1(C)CCCC1NC1CCC1C(=O)O. The fourth-order valence-electron chi connectivity index (χ4n) is 2.89. The Bertz CT molecular complexity index is 262. The lowest BCUT2D eigenvalue weighted by atomic mass is 9.77. The summed E-state index contributed by atoms with van der Waals surface area (Å²) in [7, 11) is 0. The van der Waals surface area contributed by atoms with Crippen LogP contribution in [0, 0.1) is 11.3 Å². The Morgan fingerprint density at radius 3 is 2.47 bits per heavy atom. The summed E-state index contributed by atoms with van der Waals surface area (Å²) in [6.45, 7) is 4.57. The molecule has 3 atom stereocenters. The molecular formula is C12H21NO2. The van der Waals surface area contributed by atoms with Crippen molar-refractivity contribution in [3.05, 3.63) is 0 Å². The molecule has 86 valence electrons. The first-order valence-corrected chi connectivity index (χ1v) is 5.99. The van der Waals surface area contributed by atoms with E-state index >= 15 is 0 Å². The summed E-state index contributed by atoms with van der Waals surface area (Å²) in [5.74, 6) is -0.768. The molecule has 0 aromatic heterocycles. The van der Waals surface area contributed by atoms with Crippen molar-refractivity contribution in [2.24, 2.45) is 11.3 Å². The maximum absolute atomic E-state index is 10.9. The van der Waals surface area contributed by atoms with E-state index in [1.807, 2.05) is 0 Å². The van der Waals surface area contributed by atoms with Gasteiger partial charge in [0.05, 0.1) is 5.92 Å². The summed E-state index contributed by atoms with van der Waals surface area (Å²) < 4.78 is 0. The van der Waals surface area contributed by atoms with Gasteiger partial charge in [-0.2, -0.15) is 0 Å². The highest BCUT2D eigenvalue weighted by Crippen LogP contribution is 2.39. The number of nitrogens with one attached hydrogen (secondary N) is 1. The zero-order valence-corrected chi connectivity index (χ0v) is 9.62. The summed E-state index contributed by atoms with van der Waals surface area (Å²) in [5.41, 5.74) is 0.346. The second-order valence-electron chi connectivity index (χ2n) is 5.73. The molecule has 0 amide bonds. The molecule has 0 radical (unpaired) electrons. The molecule has 0 saturated heterocycles. The Kier molecular flexibility index (Phi) is 2.75. The van der Waals surface area contributed by atoms with E-state index < -0.39 is 5.97 Å². The first kappa shape index (κ1) is 10.9. The number of carboxylic acids is 1. The van der Waals surface area contributed by atoms with Crippen LogP contribution in [0.2, 0.25) is 0 Å². The molecule has 3 heteroatoms. The molecule has 2 saturated carbocycles. The van der Waals surface area contributed by atoms with E-state index in [0.29, 0.717) is 11.5 Å². The predicted octanol–water partition coefficient (Wildman–Crippen LogP) is 2.02. The van der Waals surface area contributed by atoms with E-state index in [1.165, 1.54) is 19.3 Å². The second-order valence-corrected chi connectivity index (χ2v) is 5.73. The zero-order chi connectivity index (χ0) is 11.1. The van der Waals surface area contributed by atoms with E-state index in [4.69, 9.17) is 5.11 Å². The third kappa shape index (κ3) is 2.03. The third-order valence-electron chi connectivity index (χ3n) is 4.26. The maximum Gasteiger partial charge on any atom is 0.308 e. The van der Waals surface area contributed by atoms with Gasteiger partial charge in [-0.15, -0.1) is 0 Å². The van der Waals surface area contributed by atoms with Crippen molar-refractivity contribution < 1.29 is 9.90 Å². The highest BCUT2D eigenvalue weighted by atomic mass is 16.4. The van der Waals surface area contributed by atoms with Gasteiger partial charge in [0.2, 0.25) is 0 Å². The number of rotatable bonds is 3. The third-order valence-corrected chi connectivity index (χ3v) is 4.26. The smallest absolute Gasteiger partial charge is 0.308 e. The highest BCUT2D eigenvalue weighted by molar-refractivity contribution is 5.72. The molecule has 0 bridgehead atoms. The van der Waals surface area contributed by atoms with Crippen molar-refractivity contribution in [3.8, 4) is 0 Å². The number of aliphatic carboxylic acids is 1. The van der Waals surface area contributed by atoms with Crippen molar-refractivity contribution in [1.82, 2.24) is 5.32 Å². The van der Waals surface area contributed by atoms with E-state index in [-0.39, 0.29) is 12.0 Å². The van der Waals surface area contributed by atoms with Crippen LogP contribution in [0.5, 0.6) is 0 Å². The van der Waals surface area contributed by atoms with Crippen LogP contribution in [0.25, 0.3) is 0 Å². The molecular weight excluding hydrogens is 190 g/mol. The highest BCUT2D eigenvalue weighted by Gasteiger charge is 2.42. The van der Waals surface area contributed by atoms with Crippen molar-refractivity contribution >= 4 is 5.97 Å². The molecule has 0 aliphatic heterocycles. The van der Waals surface area contributed by atoms with Crippen molar-refractivity contribution in [1.29, 1.82) is 0 Å². The van der Waals surface area contributed by atoms with Gasteiger partial charge in [0, 0.05) is 12.1 Å². The monoisotopic (exact) mass is 211 g/mol. The van der Waals surface area contributed by atoms with Gasteiger partial charge in [0.15, 0.2) is 0 Å². The van der Waals surface area contributed by atoms with E-state index in [0.717, 1.165) is 12.8 Å². The van der Waals surface area contributed by atoms with E-state index in [9.17, 15) is 4.79 Å². The molecule has 0 aromatic rings. The Labute approximate surface area is 91.2 Å². The molecule has 15 heavy (non-hydrogen) atoms. The topological polar surface area (TPSA) is 49.3 Å². The van der Waals surface area contributed by atoms with Gasteiger partial charge in [-0.1, -0.05) is 20.3 Å². The lowest BCUT2D eigenvalue weighted by molar-refractivity contribution is -0.146. The molecule has 3 unspecified atom stereocenters. The average molecular weight is 211 g/mol. The number of carbonyl (C=O) groups is 1. The van der Waals surface area contributed by atoms with Gasteiger partial charge in [-0.25, -0.2) is 0 Å². The van der Waals surface area contributed by atoms with Crippen molar-refractivity contribution in [3.63, 3.8) is 0 Å². The van der Waals surface area contributed by atoms with Gasteiger partial charge < -0.3 is 10.4 Å². The summed E-state index contributed by atoms with van der Waals surface area (Å²) in [5, 5.41) is 12.5. The minimum absolute atomic E-state index is 0.138. The first-order chi connectivity index (χ1) is 7.00. The number of hydrogen-bond acceptors (Lipinski definition) is 2. The Morgan fingerprint density at radius 1 is 1.33 bits per heavy atom. The van der Waals surface area contributed by atoms with Crippen LogP contribution >= 0.6 is 0 Å². The van der Waals surface area contributed by atoms with Gasteiger partial charge in [-0.05, 0) is 31.1 Å². The molecule has 3 nitrogen and oxygen atoms in total. The van der Waals surface area contributed by atoms with Crippen LogP contribution < -0.4 is 5.32 Å². The lowest BCUT2D eigenvalue weighted by Gasteiger charge is -2.39. The van der Waals surface area contributed by atoms with Crippen LogP contribution in [0.15, 0.2) is 0 Å². The summed E-state index contributed by atoms with van der Waals surface area (Å²) in [6.07, 6.45) is 5.61. The molecule has 2 aliphatic carbocycles. The standard InChI is InChI=1S/C12H21NO2/c1-12(2)7-3-4-10(12)13-9-6-5-8(9)11(14)15/h8-10,13H,3-7H2,1-2H3,(H,14,15). The molecule has 2 aliphatic rings. The minimum atomic E-state index is -0.630. The molecule has 2 rings (SSSR count). The summed E-state index contributed by atoms with van der Waals surface area (Å²) in [4.78, 5) is 10.9. The maximum atomic E-state index is 10.9. The quantitative estimate of drug-likeness (QED) is 0.751. The Balaban J connectivity index is 1.90. The lowest BCUT2D eigenvalue weighted by Crippen LogP contribution is -2.53. The second kappa shape index (κ2) is 3.78. The molecule has 2 N–H and O–H groups in total. The number of carboxylic acid groups (broad SMARTS) is 1. The summed E-state index contributed by atoms with van der Waals surface area (Å²) in [6, 6.07) is 0.745. The van der Waals surface area contributed by atoms with E-state index in [1.54, 1.807) is 0 Å². The summed E-state index contributed by atoms with van der Waals surface area (Å²) >= 11 is 0. The van der Waals surface area contributed by atoms with E-state index in [2.05, 4.69) is 19.2 Å². The van der Waals surface area contributed by atoms with Gasteiger partial charge in [-0.3, -0.25) is 4.79 Å². The van der Waals surface area contributed by atoms with Gasteiger partial charge in [0.25, 0.3) is 0 Å². The fraction of sp³-hybridized carbons (Fsp3) is 0.917. The molecule has 0 heterocycles. The van der Waals surface area contributed by atoms with Gasteiger partial charge in [0.1, 0.15) is 0 Å². The van der Waals surface area contributed by atoms with Crippen LogP contribution in [0.3, 0.4) is 0 Å². The normalized spacial score (nSPS) is 38.7. The first-order valence-electron chi connectivity index (χ1n) is 5.99.